The molecule has 1 aliphatic heterocycles. The van der Waals surface area contributed by atoms with Crippen molar-refractivity contribution in [3.8, 4) is 0 Å². The van der Waals surface area contributed by atoms with Crippen LogP contribution in [0.2, 0.25) is 0 Å². The largest absolute Gasteiger partial charge is 0.462 e. The minimum atomic E-state index is -0.498. The van der Waals surface area contributed by atoms with E-state index in [1.807, 2.05) is 24.4 Å². The van der Waals surface area contributed by atoms with Crippen molar-refractivity contribution in [2.75, 3.05) is 48.3 Å². The molecule has 0 amide bonds. The van der Waals surface area contributed by atoms with Gasteiger partial charge in [0, 0.05) is 37.8 Å². The van der Waals surface area contributed by atoms with Gasteiger partial charge in [-0.2, -0.15) is 4.98 Å². The average molecular weight is 392 g/mol. The number of carbonyl (C=O) groups excluding carboxylic acids is 1. The molecule has 0 atom stereocenters. The Balaban J connectivity index is 1.48. The molecule has 0 radical (unpaired) electrons. The topological polar surface area (TPSA) is 97.5 Å². The Hall–Kier alpha value is -3.42. The lowest BCUT2D eigenvalue weighted by molar-refractivity contribution is 0.0527. The minimum absolute atomic E-state index is 0.147. The van der Waals surface area contributed by atoms with E-state index >= 15 is 0 Å². The van der Waals surface area contributed by atoms with Gasteiger partial charge in [0.1, 0.15) is 11.4 Å². The number of benzene rings is 1. The maximum Gasteiger partial charge on any atom is 0.343 e. The molecular weight excluding hydrogens is 368 g/mol. The highest BCUT2D eigenvalue weighted by molar-refractivity contribution is 5.93. The second kappa shape index (κ2) is 8.30. The Labute approximate surface area is 169 Å². The van der Waals surface area contributed by atoms with E-state index in [2.05, 4.69) is 36.9 Å². The first-order valence-electron chi connectivity index (χ1n) is 9.80. The Kier molecular flexibility index (Phi) is 5.41. The Morgan fingerprint density at radius 1 is 1.10 bits per heavy atom. The number of carbonyl (C=O) groups is 1. The third kappa shape index (κ3) is 4.06. The third-order valence-corrected chi connectivity index (χ3v) is 5.02. The van der Waals surface area contributed by atoms with Crippen molar-refractivity contribution in [2.45, 2.75) is 13.3 Å². The van der Waals surface area contributed by atoms with Crippen LogP contribution in [-0.4, -0.2) is 53.7 Å². The van der Waals surface area contributed by atoms with Crippen LogP contribution in [0.25, 0.3) is 10.9 Å². The lowest BCUT2D eigenvalue weighted by Gasteiger charge is -2.24. The van der Waals surface area contributed by atoms with Gasteiger partial charge in [0.25, 0.3) is 0 Å². The first-order valence-corrected chi connectivity index (χ1v) is 9.80. The van der Waals surface area contributed by atoms with Crippen molar-refractivity contribution in [3.05, 3.63) is 48.3 Å². The standard InChI is InChI=1S/C21H24N6O2/c1-2-29-20(28)17-14-24-21(25-19(17)22)27-9-5-8-26(10-11-27)16-12-15-6-3-4-7-18(15)23-13-16/h3-4,6-7,12-14H,2,5,8-11H2,1H3,(H2,22,24,25). The molecule has 8 nitrogen and oxygen atoms in total. The van der Waals surface area contributed by atoms with Crippen LogP contribution < -0.4 is 15.5 Å². The van der Waals surface area contributed by atoms with E-state index in [9.17, 15) is 4.79 Å². The van der Waals surface area contributed by atoms with Crippen LogP contribution >= 0.6 is 0 Å². The number of nitrogens with two attached hydrogens (primary N) is 1. The molecule has 1 aromatic carbocycles. The molecular formula is C21H24N6O2. The second-order valence-electron chi connectivity index (χ2n) is 6.90. The molecule has 1 fully saturated rings. The fourth-order valence-electron chi connectivity index (χ4n) is 3.51. The minimum Gasteiger partial charge on any atom is -0.462 e. The zero-order chi connectivity index (χ0) is 20.2. The average Bonchev–Trinajstić information content (AvgIpc) is 3.00. The van der Waals surface area contributed by atoms with Gasteiger partial charge < -0.3 is 20.3 Å². The van der Waals surface area contributed by atoms with Gasteiger partial charge in [-0.05, 0) is 25.5 Å². The Morgan fingerprint density at radius 2 is 1.90 bits per heavy atom. The summed E-state index contributed by atoms with van der Waals surface area (Å²) in [6.45, 7) is 5.35. The predicted octanol–water partition coefficient (Wildman–Crippen LogP) is 2.50. The van der Waals surface area contributed by atoms with Crippen LogP contribution in [-0.2, 0) is 4.74 Å². The van der Waals surface area contributed by atoms with E-state index in [4.69, 9.17) is 10.5 Å². The van der Waals surface area contributed by atoms with Gasteiger partial charge in [-0.3, -0.25) is 4.98 Å². The number of anilines is 3. The third-order valence-electron chi connectivity index (χ3n) is 5.02. The molecule has 150 valence electrons. The molecule has 3 aromatic rings. The summed E-state index contributed by atoms with van der Waals surface area (Å²) < 4.78 is 4.98. The summed E-state index contributed by atoms with van der Waals surface area (Å²) in [7, 11) is 0. The molecule has 1 saturated heterocycles. The van der Waals surface area contributed by atoms with Gasteiger partial charge in [0.15, 0.2) is 0 Å². The fraction of sp³-hybridized carbons (Fsp3) is 0.333. The number of hydrogen-bond acceptors (Lipinski definition) is 8. The van der Waals surface area contributed by atoms with E-state index in [-0.39, 0.29) is 18.0 Å². The lowest BCUT2D eigenvalue weighted by atomic mass is 10.2. The Morgan fingerprint density at radius 3 is 2.72 bits per heavy atom. The number of pyridine rings is 1. The molecule has 0 spiro atoms. The van der Waals surface area contributed by atoms with E-state index < -0.39 is 5.97 Å². The summed E-state index contributed by atoms with van der Waals surface area (Å²) in [5, 5.41) is 1.14. The number of fused-ring (bicyclic) bond motifs is 1. The van der Waals surface area contributed by atoms with E-state index in [1.54, 1.807) is 6.92 Å². The summed E-state index contributed by atoms with van der Waals surface area (Å²) in [6, 6.07) is 10.3. The van der Waals surface area contributed by atoms with Crippen molar-refractivity contribution in [3.63, 3.8) is 0 Å². The molecule has 29 heavy (non-hydrogen) atoms. The Bertz CT molecular complexity index is 1020. The molecule has 0 bridgehead atoms. The number of esters is 1. The van der Waals surface area contributed by atoms with Crippen molar-refractivity contribution < 1.29 is 9.53 Å². The molecule has 8 heteroatoms. The number of ether oxygens (including phenoxy) is 1. The van der Waals surface area contributed by atoms with E-state index in [0.29, 0.717) is 5.95 Å². The first-order chi connectivity index (χ1) is 14.2. The molecule has 0 aliphatic carbocycles. The number of hydrogen-bond donors (Lipinski definition) is 1. The number of aromatic nitrogens is 3. The summed E-state index contributed by atoms with van der Waals surface area (Å²) >= 11 is 0. The van der Waals surface area contributed by atoms with Gasteiger partial charge in [-0.25, -0.2) is 9.78 Å². The van der Waals surface area contributed by atoms with Crippen LogP contribution in [0, 0.1) is 0 Å². The summed E-state index contributed by atoms with van der Waals surface area (Å²) in [6.07, 6.45) is 4.34. The van der Waals surface area contributed by atoms with Crippen LogP contribution in [0.3, 0.4) is 0 Å². The lowest BCUT2D eigenvalue weighted by Crippen LogP contribution is -2.32. The molecule has 2 N–H and O–H groups in total. The van der Waals surface area contributed by atoms with E-state index in [0.717, 1.165) is 49.2 Å². The molecule has 0 unspecified atom stereocenters. The van der Waals surface area contributed by atoms with Crippen molar-refractivity contribution >= 4 is 34.3 Å². The highest BCUT2D eigenvalue weighted by Crippen LogP contribution is 2.22. The van der Waals surface area contributed by atoms with Crippen LogP contribution in [0.1, 0.15) is 23.7 Å². The van der Waals surface area contributed by atoms with E-state index in [1.165, 1.54) is 6.20 Å². The number of para-hydroxylation sites is 1. The monoisotopic (exact) mass is 392 g/mol. The maximum absolute atomic E-state index is 11.9. The zero-order valence-corrected chi connectivity index (χ0v) is 16.4. The summed E-state index contributed by atoms with van der Waals surface area (Å²) in [5.41, 5.74) is 8.29. The molecule has 1 aliphatic rings. The molecule has 2 aromatic heterocycles. The van der Waals surface area contributed by atoms with Crippen molar-refractivity contribution in [1.82, 2.24) is 15.0 Å². The van der Waals surface area contributed by atoms with Gasteiger partial charge in [0.05, 0.1) is 24.0 Å². The smallest absolute Gasteiger partial charge is 0.343 e. The quantitative estimate of drug-likeness (QED) is 0.677. The highest BCUT2D eigenvalue weighted by atomic mass is 16.5. The molecule has 0 saturated carbocycles. The normalized spacial score (nSPS) is 14.7. The van der Waals surface area contributed by atoms with Gasteiger partial charge in [0.2, 0.25) is 5.95 Å². The predicted molar refractivity (Wildman–Crippen MR) is 113 cm³/mol. The van der Waals surface area contributed by atoms with Crippen LogP contribution in [0.4, 0.5) is 17.5 Å². The number of nitrogen functional groups attached to an aromatic ring is 1. The van der Waals surface area contributed by atoms with Gasteiger partial charge >= 0.3 is 5.97 Å². The second-order valence-corrected chi connectivity index (χ2v) is 6.90. The fourth-order valence-corrected chi connectivity index (χ4v) is 3.51. The number of rotatable bonds is 4. The van der Waals surface area contributed by atoms with Crippen molar-refractivity contribution in [2.24, 2.45) is 0 Å². The zero-order valence-electron chi connectivity index (χ0n) is 16.4. The first kappa shape index (κ1) is 18.9. The number of nitrogens with zero attached hydrogens (tertiary/aromatic N) is 5. The summed E-state index contributed by atoms with van der Waals surface area (Å²) in [5.74, 6) is 0.185. The summed E-state index contributed by atoms with van der Waals surface area (Å²) in [4.78, 5) is 29.6. The highest BCUT2D eigenvalue weighted by Gasteiger charge is 2.20. The molecule has 3 heterocycles. The molecule has 4 rings (SSSR count). The van der Waals surface area contributed by atoms with Crippen molar-refractivity contribution in [1.29, 1.82) is 0 Å². The maximum atomic E-state index is 11.9. The van der Waals surface area contributed by atoms with Crippen LogP contribution in [0.5, 0.6) is 0 Å². The van der Waals surface area contributed by atoms with Crippen LogP contribution in [0.15, 0.2) is 42.7 Å². The van der Waals surface area contributed by atoms with Gasteiger partial charge in [-0.1, -0.05) is 18.2 Å². The van der Waals surface area contributed by atoms with Gasteiger partial charge in [-0.15, -0.1) is 0 Å². The SMILES string of the molecule is CCOC(=O)c1cnc(N2CCCN(c3cnc4ccccc4c3)CC2)nc1N.